The van der Waals surface area contributed by atoms with Crippen LogP contribution in [-0.2, 0) is 0 Å². The fraction of sp³-hybridized carbons (Fsp3) is 0.600. The zero-order valence-corrected chi connectivity index (χ0v) is 11.0. The summed E-state index contributed by atoms with van der Waals surface area (Å²) in [4.78, 5) is 18.4. The van der Waals surface area contributed by atoms with Gasteiger partial charge in [0.1, 0.15) is 6.33 Å². The monoisotopic (exact) mass is 256 g/mol. The summed E-state index contributed by atoms with van der Waals surface area (Å²) in [5, 5.41) is 14.1. The van der Waals surface area contributed by atoms with Crippen molar-refractivity contribution < 1.29 is 4.92 Å². The fourth-order valence-electron chi connectivity index (χ4n) is 1.15. The van der Waals surface area contributed by atoms with Gasteiger partial charge in [-0.25, -0.2) is 9.97 Å². The van der Waals surface area contributed by atoms with E-state index in [-0.39, 0.29) is 11.5 Å². The van der Waals surface area contributed by atoms with Crippen LogP contribution in [0.1, 0.15) is 20.3 Å². The van der Waals surface area contributed by atoms with Gasteiger partial charge in [0.2, 0.25) is 5.82 Å². The first-order valence-electron chi connectivity index (χ1n) is 5.40. The molecule has 1 aromatic heterocycles. The Balaban J connectivity index is 2.94. The minimum atomic E-state index is -0.440. The van der Waals surface area contributed by atoms with Crippen molar-refractivity contribution in [2.75, 3.05) is 18.1 Å². The molecule has 1 rings (SSSR count). The molecule has 0 saturated heterocycles. The topological polar surface area (TPSA) is 81.0 Å². The molecule has 6 nitrogen and oxygen atoms in total. The summed E-state index contributed by atoms with van der Waals surface area (Å²) in [6.07, 6.45) is 2.39. The zero-order valence-electron chi connectivity index (χ0n) is 10.1. The van der Waals surface area contributed by atoms with Gasteiger partial charge in [-0.3, -0.25) is 10.1 Å². The number of thioether (sulfide) groups is 1. The van der Waals surface area contributed by atoms with Crippen molar-refractivity contribution >= 4 is 23.3 Å². The van der Waals surface area contributed by atoms with Crippen molar-refractivity contribution in [3.05, 3.63) is 16.4 Å². The Hall–Kier alpha value is -1.37. The molecule has 1 aromatic rings. The molecule has 0 aliphatic rings. The third kappa shape index (κ3) is 3.55. The molecule has 1 N–H and O–H groups in total. The Bertz CT molecular complexity index is 400. The van der Waals surface area contributed by atoms with E-state index >= 15 is 0 Å². The third-order valence-electron chi connectivity index (χ3n) is 2.41. The average Bonchev–Trinajstić information content (AvgIpc) is 2.34. The Labute approximate surface area is 104 Å². The van der Waals surface area contributed by atoms with Crippen molar-refractivity contribution in [2.24, 2.45) is 5.92 Å². The van der Waals surface area contributed by atoms with Gasteiger partial charge in [-0.15, -0.1) is 0 Å². The normalized spacial score (nSPS) is 12.2. The number of hydrogen-bond acceptors (Lipinski definition) is 6. The molecule has 17 heavy (non-hydrogen) atoms. The summed E-state index contributed by atoms with van der Waals surface area (Å²) < 4.78 is 0. The molecule has 0 fully saturated rings. The summed E-state index contributed by atoms with van der Waals surface area (Å²) in [5.74, 6) is 1.58. The van der Waals surface area contributed by atoms with E-state index in [0.717, 1.165) is 12.2 Å². The largest absolute Gasteiger partial charge is 0.367 e. The van der Waals surface area contributed by atoms with Crippen LogP contribution in [0.25, 0.3) is 0 Å². The van der Waals surface area contributed by atoms with Crippen molar-refractivity contribution in [3.63, 3.8) is 0 Å². The van der Waals surface area contributed by atoms with Crippen LogP contribution in [0.2, 0.25) is 0 Å². The number of rotatable bonds is 6. The highest BCUT2D eigenvalue weighted by Gasteiger charge is 2.22. The van der Waals surface area contributed by atoms with Gasteiger partial charge in [-0.2, -0.15) is 0 Å². The second-order valence-electron chi connectivity index (χ2n) is 3.71. The Morgan fingerprint density at radius 2 is 2.29 bits per heavy atom. The lowest BCUT2D eigenvalue weighted by atomic mass is 10.2. The van der Waals surface area contributed by atoms with Crippen LogP contribution in [0.5, 0.6) is 0 Å². The zero-order chi connectivity index (χ0) is 12.8. The number of nitro groups is 1. The van der Waals surface area contributed by atoms with Crippen molar-refractivity contribution in [1.29, 1.82) is 0 Å². The maximum Gasteiger partial charge on any atom is 0.343 e. The van der Waals surface area contributed by atoms with E-state index in [0.29, 0.717) is 10.9 Å². The molecule has 94 valence electrons. The highest BCUT2D eigenvalue weighted by atomic mass is 32.2. The van der Waals surface area contributed by atoms with Gasteiger partial charge in [0.25, 0.3) is 0 Å². The smallest absolute Gasteiger partial charge is 0.343 e. The molecule has 0 bridgehead atoms. The Morgan fingerprint density at radius 3 is 2.82 bits per heavy atom. The molecule has 0 radical (unpaired) electrons. The molecular formula is C10H16N4O2S. The van der Waals surface area contributed by atoms with Crippen molar-refractivity contribution in [2.45, 2.75) is 25.3 Å². The van der Waals surface area contributed by atoms with Crippen LogP contribution >= 0.6 is 11.8 Å². The standard InChI is InChI=1S/C10H16N4O2S/c1-4-7(2)5-17-10-8(14(15)16)9(11-3)12-6-13-10/h6-7H,4-5H2,1-3H3,(H,11,12,13). The molecular weight excluding hydrogens is 240 g/mol. The lowest BCUT2D eigenvalue weighted by molar-refractivity contribution is -0.387. The van der Waals surface area contributed by atoms with Crippen LogP contribution in [-0.4, -0.2) is 27.7 Å². The maximum atomic E-state index is 11.0. The van der Waals surface area contributed by atoms with E-state index < -0.39 is 4.92 Å². The van der Waals surface area contributed by atoms with Gasteiger partial charge in [0.05, 0.1) is 4.92 Å². The van der Waals surface area contributed by atoms with Crippen LogP contribution < -0.4 is 5.32 Å². The molecule has 0 aliphatic heterocycles. The number of nitrogens with zero attached hydrogens (tertiary/aromatic N) is 3. The van der Waals surface area contributed by atoms with Crippen LogP contribution in [0.3, 0.4) is 0 Å². The van der Waals surface area contributed by atoms with Crippen molar-refractivity contribution in [1.82, 2.24) is 9.97 Å². The van der Waals surface area contributed by atoms with Gasteiger partial charge in [0, 0.05) is 12.8 Å². The maximum absolute atomic E-state index is 11.0. The van der Waals surface area contributed by atoms with E-state index in [1.54, 1.807) is 7.05 Å². The van der Waals surface area contributed by atoms with E-state index in [9.17, 15) is 10.1 Å². The summed E-state index contributed by atoms with van der Waals surface area (Å²) >= 11 is 1.40. The van der Waals surface area contributed by atoms with E-state index in [4.69, 9.17) is 0 Å². The molecule has 0 spiro atoms. The first-order chi connectivity index (χ1) is 8.10. The molecule has 1 heterocycles. The van der Waals surface area contributed by atoms with Gasteiger partial charge >= 0.3 is 5.69 Å². The summed E-state index contributed by atoms with van der Waals surface area (Å²) in [7, 11) is 1.61. The quantitative estimate of drug-likeness (QED) is 0.364. The number of aromatic nitrogens is 2. The number of anilines is 1. The first kappa shape index (κ1) is 13.7. The molecule has 0 aromatic carbocycles. The van der Waals surface area contributed by atoms with Gasteiger partial charge in [-0.1, -0.05) is 32.0 Å². The first-order valence-corrected chi connectivity index (χ1v) is 6.38. The van der Waals surface area contributed by atoms with E-state index in [1.165, 1.54) is 18.1 Å². The summed E-state index contributed by atoms with van der Waals surface area (Å²) in [6.45, 7) is 4.21. The molecule has 0 amide bonds. The molecule has 0 aliphatic carbocycles. The lowest BCUT2D eigenvalue weighted by Gasteiger charge is -2.08. The predicted molar refractivity (Wildman–Crippen MR) is 68.4 cm³/mol. The van der Waals surface area contributed by atoms with Crippen molar-refractivity contribution in [3.8, 4) is 0 Å². The molecule has 1 unspecified atom stereocenters. The molecule has 1 atom stereocenters. The number of hydrogen-bond donors (Lipinski definition) is 1. The second kappa shape index (κ2) is 6.39. The third-order valence-corrected chi connectivity index (χ3v) is 3.72. The van der Waals surface area contributed by atoms with Crippen LogP contribution in [0.4, 0.5) is 11.5 Å². The SMILES string of the molecule is CCC(C)CSc1ncnc(NC)c1[N+](=O)[O-]. The Morgan fingerprint density at radius 1 is 1.59 bits per heavy atom. The van der Waals surface area contributed by atoms with Gasteiger partial charge in [0.15, 0.2) is 5.03 Å². The molecule has 0 saturated carbocycles. The minimum Gasteiger partial charge on any atom is -0.367 e. The fourth-order valence-corrected chi connectivity index (χ4v) is 2.26. The second-order valence-corrected chi connectivity index (χ2v) is 4.72. The molecule has 7 heteroatoms. The number of nitrogens with one attached hydrogen (secondary N) is 1. The van der Waals surface area contributed by atoms with Crippen LogP contribution in [0, 0.1) is 16.0 Å². The minimum absolute atomic E-state index is 0.0386. The van der Waals surface area contributed by atoms with Gasteiger partial charge in [-0.05, 0) is 5.92 Å². The summed E-state index contributed by atoms with van der Waals surface area (Å²) in [6, 6.07) is 0. The highest BCUT2D eigenvalue weighted by Crippen LogP contribution is 2.32. The lowest BCUT2D eigenvalue weighted by Crippen LogP contribution is -2.04. The van der Waals surface area contributed by atoms with Crippen LogP contribution in [0.15, 0.2) is 11.4 Å². The highest BCUT2D eigenvalue weighted by molar-refractivity contribution is 7.99. The predicted octanol–water partition coefficient (Wildman–Crippen LogP) is 2.56. The van der Waals surface area contributed by atoms with E-state index in [1.807, 2.05) is 0 Å². The van der Waals surface area contributed by atoms with E-state index in [2.05, 4.69) is 29.1 Å². The Kier molecular flexibility index (Phi) is 5.14. The average molecular weight is 256 g/mol. The summed E-state index contributed by atoms with van der Waals surface area (Å²) in [5.41, 5.74) is -0.0386. The van der Waals surface area contributed by atoms with Gasteiger partial charge < -0.3 is 5.32 Å².